The van der Waals surface area contributed by atoms with E-state index in [4.69, 9.17) is 9.47 Å². The molecule has 2 saturated carbocycles. The Balaban J connectivity index is 1.65. The van der Waals surface area contributed by atoms with Crippen LogP contribution >= 0.6 is 0 Å². The molecule has 0 radical (unpaired) electrons. The van der Waals surface area contributed by atoms with Gasteiger partial charge >= 0.3 is 5.97 Å². The highest BCUT2D eigenvalue weighted by atomic mass is 16.6. The van der Waals surface area contributed by atoms with Crippen molar-refractivity contribution in [3.8, 4) is 5.75 Å². The third-order valence-corrected chi connectivity index (χ3v) is 7.57. The summed E-state index contributed by atoms with van der Waals surface area (Å²) < 4.78 is 11.9. The van der Waals surface area contributed by atoms with Gasteiger partial charge in [-0.25, -0.2) is 0 Å². The molecule has 0 spiro atoms. The average molecular weight is 369 g/mol. The maximum Gasteiger partial charge on any atom is 0.309 e. The van der Waals surface area contributed by atoms with Gasteiger partial charge < -0.3 is 14.8 Å². The number of benzene rings is 1. The van der Waals surface area contributed by atoms with Crippen LogP contribution in [0.1, 0.15) is 56.1 Å². The molecule has 144 valence electrons. The number of hydrogen-bond acceptors (Lipinski definition) is 5. The maximum atomic E-state index is 12.9. The molecule has 3 fully saturated rings. The number of rotatable bonds is 3. The predicted octanol–water partition coefficient (Wildman–Crippen LogP) is 2.69. The Bertz CT molecular complexity index is 802. The van der Waals surface area contributed by atoms with E-state index in [2.05, 4.69) is 17.4 Å². The number of nitrogens with one attached hydrogen (secondary N) is 1. The highest BCUT2D eigenvalue weighted by molar-refractivity contribution is 5.83. The van der Waals surface area contributed by atoms with Gasteiger partial charge in [-0.3, -0.25) is 9.59 Å². The van der Waals surface area contributed by atoms with Crippen molar-refractivity contribution in [3.63, 3.8) is 0 Å². The SMILES string of the molecule is COc1ccc2c(c1)[C@]13CCN[C@H](C2)C1(OC(=O)C1CCC1)CCC(=O)C3. The van der Waals surface area contributed by atoms with E-state index in [1.807, 2.05) is 6.07 Å². The number of hydrogen-bond donors (Lipinski definition) is 1. The first-order valence-electron chi connectivity index (χ1n) is 10.2. The maximum absolute atomic E-state index is 12.9. The van der Waals surface area contributed by atoms with Gasteiger partial charge in [-0.05, 0) is 61.9 Å². The molecule has 1 aromatic rings. The number of Topliss-reactive ketones (excluding diaryl/α,β-unsaturated/α-hetero) is 1. The van der Waals surface area contributed by atoms with Crippen LogP contribution in [0.15, 0.2) is 18.2 Å². The molecular formula is C22H27NO4. The Hall–Kier alpha value is -1.88. The normalized spacial score (nSPS) is 34.9. The topological polar surface area (TPSA) is 64.6 Å². The second-order valence-electron chi connectivity index (χ2n) is 8.72. The Morgan fingerprint density at radius 3 is 2.85 bits per heavy atom. The average Bonchev–Trinajstić information content (AvgIpc) is 2.60. The van der Waals surface area contributed by atoms with Crippen LogP contribution in [-0.2, 0) is 26.2 Å². The Kier molecular flexibility index (Phi) is 3.87. The van der Waals surface area contributed by atoms with E-state index in [0.717, 1.165) is 50.0 Å². The number of ketones is 1. The van der Waals surface area contributed by atoms with Gasteiger partial charge in [0.2, 0.25) is 0 Å². The number of carbonyl (C=O) groups is 2. The molecule has 5 nitrogen and oxygen atoms in total. The predicted molar refractivity (Wildman–Crippen MR) is 99.8 cm³/mol. The minimum atomic E-state index is -0.620. The lowest BCUT2D eigenvalue weighted by molar-refractivity contribution is -0.198. The zero-order valence-corrected chi connectivity index (χ0v) is 15.9. The van der Waals surface area contributed by atoms with E-state index in [1.54, 1.807) is 7.11 Å². The fourth-order valence-electron chi connectivity index (χ4n) is 5.92. The zero-order chi connectivity index (χ0) is 18.6. The smallest absolute Gasteiger partial charge is 0.309 e. The van der Waals surface area contributed by atoms with Crippen LogP contribution in [0.25, 0.3) is 0 Å². The molecule has 5 heteroatoms. The van der Waals surface area contributed by atoms with E-state index in [1.165, 1.54) is 5.56 Å². The molecule has 27 heavy (non-hydrogen) atoms. The van der Waals surface area contributed by atoms with Crippen molar-refractivity contribution in [1.29, 1.82) is 0 Å². The summed E-state index contributed by atoms with van der Waals surface area (Å²) in [5, 5.41) is 3.63. The fraction of sp³-hybridized carbons (Fsp3) is 0.636. The summed E-state index contributed by atoms with van der Waals surface area (Å²) >= 11 is 0. The van der Waals surface area contributed by atoms with Crippen LogP contribution < -0.4 is 10.1 Å². The monoisotopic (exact) mass is 369 g/mol. The quantitative estimate of drug-likeness (QED) is 0.830. The first kappa shape index (κ1) is 17.2. The zero-order valence-electron chi connectivity index (χ0n) is 15.9. The highest BCUT2D eigenvalue weighted by Crippen LogP contribution is 2.58. The molecule has 4 aliphatic rings. The van der Waals surface area contributed by atoms with Gasteiger partial charge in [0.15, 0.2) is 0 Å². The van der Waals surface area contributed by atoms with E-state index < -0.39 is 11.0 Å². The van der Waals surface area contributed by atoms with Crippen molar-refractivity contribution in [2.24, 2.45) is 5.92 Å². The van der Waals surface area contributed by atoms with Gasteiger partial charge in [-0.2, -0.15) is 0 Å². The largest absolute Gasteiger partial charge is 0.497 e. The summed E-state index contributed by atoms with van der Waals surface area (Å²) in [6, 6.07) is 6.27. The highest BCUT2D eigenvalue weighted by Gasteiger charge is 2.66. The Morgan fingerprint density at radius 2 is 2.11 bits per heavy atom. The molecule has 1 N–H and O–H groups in total. The molecule has 0 amide bonds. The van der Waals surface area contributed by atoms with Crippen LogP contribution in [0.2, 0.25) is 0 Å². The van der Waals surface area contributed by atoms with Gasteiger partial charge in [0.05, 0.1) is 19.1 Å². The molecule has 2 bridgehead atoms. The number of methoxy groups -OCH3 is 1. The van der Waals surface area contributed by atoms with Crippen LogP contribution in [0, 0.1) is 5.92 Å². The van der Waals surface area contributed by atoms with Crippen LogP contribution in [0.5, 0.6) is 5.75 Å². The molecule has 3 aliphatic carbocycles. The number of carbonyl (C=O) groups excluding carboxylic acids is 2. The summed E-state index contributed by atoms with van der Waals surface area (Å²) in [6.07, 6.45) is 6.20. The first-order chi connectivity index (χ1) is 13.1. The lowest BCUT2D eigenvalue weighted by Gasteiger charge is -2.62. The van der Waals surface area contributed by atoms with E-state index >= 15 is 0 Å². The van der Waals surface area contributed by atoms with Gasteiger partial charge in [-0.15, -0.1) is 0 Å². The van der Waals surface area contributed by atoms with Crippen molar-refractivity contribution in [2.75, 3.05) is 13.7 Å². The van der Waals surface area contributed by atoms with E-state index in [0.29, 0.717) is 19.3 Å². The minimum absolute atomic E-state index is 0.0430. The molecule has 5 rings (SSSR count). The molecule has 0 aromatic heterocycles. The Labute approximate surface area is 159 Å². The molecular weight excluding hydrogens is 342 g/mol. The Morgan fingerprint density at radius 1 is 1.26 bits per heavy atom. The summed E-state index contributed by atoms with van der Waals surface area (Å²) in [7, 11) is 1.67. The molecule has 1 heterocycles. The minimum Gasteiger partial charge on any atom is -0.497 e. The fourth-order valence-corrected chi connectivity index (χ4v) is 5.92. The molecule has 3 atom stereocenters. The third kappa shape index (κ3) is 2.33. The number of ether oxygens (including phenoxy) is 2. The summed E-state index contributed by atoms with van der Waals surface area (Å²) in [6.45, 7) is 0.845. The van der Waals surface area contributed by atoms with Crippen LogP contribution in [0.3, 0.4) is 0 Å². The van der Waals surface area contributed by atoms with Crippen molar-refractivity contribution < 1.29 is 19.1 Å². The molecule has 1 saturated heterocycles. The van der Waals surface area contributed by atoms with Crippen molar-refractivity contribution in [1.82, 2.24) is 5.32 Å². The number of piperidine rings is 1. The van der Waals surface area contributed by atoms with E-state index in [9.17, 15) is 9.59 Å². The lowest BCUT2D eigenvalue weighted by Crippen LogP contribution is -2.74. The van der Waals surface area contributed by atoms with Gasteiger partial charge in [0.1, 0.15) is 17.1 Å². The van der Waals surface area contributed by atoms with Crippen molar-refractivity contribution in [3.05, 3.63) is 29.3 Å². The lowest BCUT2D eigenvalue weighted by atomic mass is 9.49. The molecule has 1 aromatic carbocycles. The van der Waals surface area contributed by atoms with Gasteiger partial charge in [-0.1, -0.05) is 12.5 Å². The first-order valence-corrected chi connectivity index (χ1v) is 10.2. The molecule has 1 aliphatic heterocycles. The van der Waals surface area contributed by atoms with Gasteiger partial charge in [0, 0.05) is 18.3 Å². The van der Waals surface area contributed by atoms with Crippen molar-refractivity contribution in [2.45, 2.75) is 68.4 Å². The molecule has 1 unspecified atom stereocenters. The van der Waals surface area contributed by atoms with E-state index in [-0.39, 0.29) is 23.7 Å². The van der Waals surface area contributed by atoms with Crippen LogP contribution in [0.4, 0.5) is 0 Å². The number of esters is 1. The second kappa shape index (κ2) is 6.06. The summed E-state index contributed by atoms with van der Waals surface area (Å²) in [5.41, 5.74) is 1.36. The van der Waals surface area contributed by atoms with Crippen molar-refractivity contribution >= 4 is 11.8 Å². The summed E-state index contributed by atoms with van der Waals surface area (Å²) in [5.74, 6) is 1.07. The number of fused-ring (bicyclic) bond motifs is 1. The van der Waals surface area contributed by atoms with Gasteiger partial charge in [0.25, 0.3) is 0 Å². The summed E-state index contributed by atoms with van der Waals surface area (Å²) in [4.78, 5) is 25.5. The van der Waals surface area contributed by atoms with Crippen LogP contribution in [-0.4, -0.2) is 37.0 Å². The second-order valence-corrected chi connectivity index (χ2v) is 8.72. The third-order valence-electron chi connectivity index (χ3n) is 7.57. The standard InChI is InChI=1S/C22H27NO4/c1-26-17-6-5-15-11-19-22(27-20(25)14-3-2-4-14)8-7-16(24)13-21(22,9-10-23-19)18(15)12-17/h5-6,12,14,19,23H,2-4,7-11,13H2,1H3/t19-,21-,22?/m1/s1.